The second-order valence-electron chi connectivity index (χ2n) is 4.36. The zero-order chi connectivity index (χ0) is 13.6. The van der Waals surface area contributed by atoms with Gasteiger partial charge < -0.3 is 4.98 Å². The first-order valence-electron chi connectivity index (χ1n) is 5.66. The van der Waals surface area contributed by atoms with Crippen molar-refractivity contribution < 1.29 is 0 Å². The van der Waals surface area contributed by atoms with Crippen molar-refractivity contribution in [3.05, 3.63) is 51.0 Å². The first-order chi connectivity index (χ1) is 9.04. The molecule has 5 heteroatoms. The summed E-state index contributed by atoms with van der Waals surface area (Å²) in [7, 11) is 0. The summed E-state index contributed by atoms with van der Waals surface area (Å²) in [5, 5.41) is 1.66. The predicted molar refractivity (Wildman–Crippen MR) is 81.3 cm³/mol. The molecule has 0 amide bonds. The third-order valence-electron chi connectivity index (χ3n) is 2.88. The summed E-state index contributed by atoms with van der Waals surface area (Å²) in [6.07, 6.45) is 0. The Morgan fingerprint density at radius 2 is 1.74 bits per heavy atom. The average Bonchev–Trinajstić information content (AvgIpc) is 2.76. The number of aromatic amines is 1. The van der Waals surface area contributed by atoms with Crippen LogP contribution in [-0.2, 0) is 0 Å². The van der Waals surface area contributed by atoms with Crippen LogP contribution >= 0.6 is 34.8 Å². The number of hydrogen-bond acceptors (Lipinski definition) is 1. The molecule has 0 fully saturated rings. The highest BCUT2D eigenvalue weighted by Gasteiger charge is 2.10. The molecule has 0 saturated carbocycles. The molecule has 0 bridgehead atoms. The molecule has 19 heavy (non-hydrogen) atoms. The normalized spacial score (nSPS) is 11.2. The molecule has 1 aromatic heterocycles. The first kappa shape index (κ1) is 12.8. The maximum atomic E-state index is 6.19. The molecular weight excluding hydrogens is 303 g/mol. The van der Waals surface area contributed by atoms with E-state index in [2.05, 4.69) is 9.97 Å². The molecule has 96 valence electrons. The van der Waals surface area contributed by atoms with Gasteiger partial charge in [0, 0.05) is 5.56 Å². The van der Waals surface area contributed by atoms with Gasteiger partial charge in [-0.2, -0.15) is 0 Å². The highest BCUT2D eigenvalue weighted by atomic mass is 35.5. The lowest BCUT2D eigenvalue weighted by atomic mass is 10.2. The average molecular weight is 312 g/mol. The second-order valence-corrected chi connectivity index (χ2v) is 5.58. The summed E-state index contributed by atoms with van der Waals surface area (Å²) in [4.78, 5) is 7.75. The van der Waals surface area contributed by atoms with Crippen LogP contribution in [0.4, 0.5) is 0 Å². The maximum Gasteiger partial charge on any atom is 0.138 e. The third kappa shape index (κ3) is 2.32. The minimum atomic E-state index is 0.502. The van der Waals surface area contributed by atoms with E-state index in [1.54, 1.807) is 12.1 Å². The van der Waals surface area contributed by atoms with E-state index in [1.165, 1.54) is 0 Å². The number of aromatic nitrogens is 2. The lowest BCUT2D eigenvalue weighted by Crippen LogP contribution is -1.80. The Balaban J connectivity index is 2.20. The van der Waals surface area contributed by atoms with Gasteiger partial charge in [0.05, 0.1) is 20.6 Å². The van der Waals surface area contributed by atoms with Gasteiger partial charge in [-0.1, -0.05) is 34.8 Å². The Hall–Kier alpha value is -1.22. The van der Waals surface area contributed by atoms with Gasteiger partial charge in [0.25, 0.3) is 0 Å². The number of nitrogens with zero attached hydrogens (tertiary/aromatic N) is 1. The van der Waals surface area contributed by atoms with Crippen molar-refractivity contribution in [1.82, 2.24) is 9.97 Å². The zero-order valence-corrected chi connectivity index (χ0v) is 12.2. The van der Waals surface area contributed by atoms with Crippen molar-refractivity contribution in [2.75, 3.05) is 0 Å². The first-order valence-corrected chi connectivity index (χ1v) is 6.79. The van der Waals surface area contributed by atoms with Crippen LogP contribution in [0.25, 0.3) is 22.4 Å². The van der Waals surface area contributed by atoms with Crippen LogP contribution in [0.15, 0.2) is 30.3 Å². The Labute approximate surface area is 125 Å². The Morgan fingerprint density at radius 3 is 2.47 bits per heavy atom. The van der Waals surface area contributed by atoms with E-state index in [0.717, 1.165) is 28.0 Å². The van der Waals surface area contributed by atoms with Crippen LogP contribution < -0.4 is 0 Å². The smallest absolute Gasteiger partial charge is 0.138 e. The summed E-state index contributed by atoms with van der Waals surface area (Å²) >= 11 is 18.1. The van der Waals surface area contributed by atoms with Gasteiger partial charge in [-0.3, -0.25) is 0 Å². The Bertz CT molecular complexity index is 778. The number of nitrogens with one attached hydrogen (secondary N) is 1. The minimum absolute atomic E-state index is 0.502. The van der Waals surface area contributed by atoms with Crippen molar-refractivity contribution in [2.24, 2.45) is 0 Å². The molecule has 0 unspecified atom stereocenters. The van der Waals surface area contributed by atoms with Crippen LogP contribution in [0.5, 0.6) is 0 Å². The molecule has 0 spiro atoms. The summed E-state index contributed by atoms with van der Waals surface area (Å²) in [5.74, 6) is 0.723. The van der Waals surface area contributed by atoms with E-state index in [4.69, 9.17) is 34.8 Å². The molecular formula is C14H9Cl3N2. The standard InChI is InChI=1S/C14H9Cl3N2/c1-7-4-11(17)13-12(5-7)18-14(19-13)8-2-3-9(15)10(16)6-8/h2-6H,1H3,(H,18,19). The number of benzene rings is 2. The number of halogens is 3. The monoisotopic (exact) mass is 310 g/mol. The van der Waals surface area contributed by atoms with E-state index in [9.17, 15) is 0 Å². The fourth-order valence-corrected chi connectivity index (χ4v) is 2.61. The molecule has 2 nitrogen and oxygen atoms in total. The fourth-order valence-electron chi connectivity index (χ4n) is 1.99. The van der Waals surface area contributed by atoms with Crippen molar-refractivity contribution in [3.8, 4) is 11.4 Å². The molecule has 0 saturated heterocycles. The van der Waals surface area contributed by atoms with E-state index >= 15 is 0 Å². The van der Waals surface area contributed by atoms with E-state index < -0.39 is 0 Å². The lowest BCUT2D eigenvalue weighted by Gasteiger charge is -1.99. The van der Waals surface area contributed by atoms with Crippen LogP contribution in [0.2, 0.25) is 15.1 Å². The SMILES string of the molecule is Cc1cc(Cl)c2nc(-c3ccc(Cl)c(Cl)c3)[nH]c2c1. The van der Waals surface area contributed by atoms with Gasteiger partial charge in [-0.15, -0.1) is 0 Å². The quantitative estimate of drug-likeness (QED) is 0.631. The van der Waals surface area contributed by atoms with Gasteiger partial charge in [-0.25, -0.2) is 4.98 Å². The van der Waals surface area contributed by atoms with Gasteiger partial charge in [0.1, 0.15) is 11.3 Å². The molecule has 0 aliphatic carbocycles. The van der Waals surface area contributed by atoms with Gasteiger partial charge in [0.15, 0.2) is 0 Å². The highest BCUT2D eigenvalue weighted by Crippen LogP contribution is 2.30. The van der Waals surface area contributed by atoms with E-state index in [1.807, 2.05) is 25.1 Å². The van der Waals surface area contributed by atoms with E-state index in [0.29, 0.717) is 15.1 Å². The van der Waals surface area contributed by atoms with Crippen LogP contribution in [0.1, 0.15) is 5.56 Å². The number of hydrogen-bond donors (Lipinski definition) is 1. The number of H-pyrrole nitrogens is 1. The topological polar surface area (TPSA) is 28.7 Å². The molecule has 1 N–H and O–H groups in total. The zero-order valence-electron chi connectivity index (χ0n) is 9.97. The fraction of sp³-hybridized carbons (Fsp3) is 0.0714. The van der Waals surface area contributed by atoms with Gasteiger partial charge in [-0.05, 0) is 42.8 Å². The Kier molecular flexibility index (Phi) is 3.17. The summed E-state index contributed by atoms with van der Waals surface area (Å²) in [5.41, 5.74) is 3.63. The molecule has 0 atom stereocenters. The molecule has 1 heterocycles. The second kappa shape index (κ2) is 4.71. The third-order valence-corrected chi connectivity index (χ3v) is 3.90. The van der Waals surface area contributed by atoms with Crippen molar-refractivity contribution in [2.45, 2.75) is 6.92 Å². The molecule has 2 aromatic carbocycles. The molecule has 3 aromatic rings. The number of rotatable bonds is 1. The molecule has 0 radical (unpaired) electrons. The highest BCUT2D eigenvalue weighted by molar-refractivity contribution is 6.42. The van der Waals surface area contributed by atoms with Gasteiger partial charge >= 0.3 is 0 Å². The lowest BCUT2D eigenvalue weighted by molar-refractivity contribution is 1.34. The minimum Gasteiger partial charge on any atom is -0.338 e. The molecule has 0 aliphatic rings. The van der Waals surface area contributed by atoms with Crippen molar-refractivity contribution in [3.63, 3.8) is 0 Å². The van der Waals surface area contributed by atoms with Gasteiger partial charge in [0.2, 0.25) is 0 Å². The van der Waals surface area contributed by atoms with Crippen molar-refractivity contribution >= 4 is 45.8 Å². The molecule has 0 aliphatic heterocycles. The maximum absolute atomic E-state index is 6.19. The van der Waals surface area contributed by atoms with Crippen LogP contribution in [0.3, 0.4) is 0 Å². The summed E-state index contributed by atoms with van der Waals surface area (Å²) in [6, 6.07) is 9.30. The Morgan fingerprint density at radius 1 is 0.947 bits per heavy atom. The van der Waals surface area contributed by atoms with Crippen LogP contribution in [-0.4, -0.2) is 9.97 Å². The molecule has 3 rings (SSSR count). The number of aryl methyl sites for hydroxylation is 1. The largest absolute Gasteiger partial charge is 0.338 e. The summed E-state index contributed by atoms with van der Waals surface area (Å²) < 4.78 is 0. The number of imidazole rings is 1. The van der Waals surface area contributed by atoms with Crippen molar-refractivity contribution in [1.29, 1.82) is 0 Å². The number of fused-ring (bicyclic) bond motifs is 1. The summed E-state index contributed by atoms with van der Waals surface area (Å²) in [6.45, 7) is 1.99. The predicted octanol–water partition coefficient (Wildman–Crippen LogP) is 5.50. The van der Waals surface area contributed by atoms with E-state index in [-0.39, 0.29) is 0 Å². The van der Waals surface area contributed by atoms with Crippen LogP contribution in [0, 0.1) is 6.92 Å².